The number of nitrogens with one attached hydrogen (secondary N) is 1. The van der Waals surface area contributed by atoms with Gasteiger partial charge in [-0.2, -0.15) is 0 Å². The zero-order valence-electron chi connectivity index (χ0n) is 12.4. The molecule has 0 aliphatic carbocycles. The number of anilines is 1. The molecule has 4 heteroatoms. The summed E-state index contributed by atoms with van der Waals surface area (Å²) in [6.07, 6.45) is 2.46. The Balaban J connectivity index is 2.80. The van der Waals surface area contributed by atoms with Crippen LogP contribution in [0.2, 0.25) is 0 Å². The fourth-order valence-electron chi connectivity index (χ4n) is 1.82. The fourth-order valence-corrected chi connectivity index (χ4v) is 2.99. The number of rotatable bonds is 8. The van der Waals surface area contributed by atoms with Gasteiger partial charge in [0.25, 0.3) is 0 Å². The van der Waals surface area contributed by atoms with Gasteiger partial charge in [-0.05, 0) is 18.9 Å². The van der Waals surface area contributed by atoms with Gasteiger partial charge in [-0.15, -0.1) is 11.3 Å². The zero-order chi connectivity index (χ0) is 13.5. The zero-order valence-corrected chi connectivity index (χ0v) is 13.2. The number of thiazole rings is 1. The number of unbranched alkanes of at least 4 members (excludes halogenated alkanes) is 1. The van der Waals surface area contributed by atoms with Crippen LogP contribution in [0.25, 0.3) is 0 Å². The second-order valence-corrected chi connectivity index (χ2v) is 6.08. The maximum Gasteiger partial charge on any atom is 0.185 e. The molecule has 0 saturated carbocycles. The third-order valence-electron chi connectivity index (χ3n) is 2.97. The van der Waals surface area contributed by atoms with Crippen molar-refractivity contribution in [2.75, 3.05) is 25.0 Å². The molecule has 0 bridgehead atoms. The molecular weight excluding hydrogens is 242 g/mol. The van der Waals surface area contributed by atoms with Gasteiger partial charge in [0.15, 0.2) is 5.13 Å². The summed E-state index contributed by atoms with van der Waals surface area (Å²) in [5.74, 6) is 0.503. The fraction of sp³-hybridized carbons (Fsp3) is 0.786. The van der Waals surface area contributed by atoms with Crippen molar-refractivity contribution in [1.29, 1.82) is 0 Å². The Kier molecular flexibility index (Phi) is 6.65. The van der Waals surface area contributed by atoms with Crippen molar-refractivity contribution in [3.8, 4) is 0 Å². The van der Waals surface area contributed by atoms with Crippen LogP contribution in [0.5, 0.6) is 0 Å². The summed E-state index contributed by atoms with van der Waals surface area (Å²) in [6, 6.07) is 0. The Bertz CT molecular complexity index is 347. The third-order valence-corrected chi connectivity index (χ3v) is 4.16. The van der Waals surface area contributed by atoms with Gasteiger partial charge in [-0.25, -0.2) is 4.98 Å². The van der Waals surface area contributed by atoms with E-state index >= 15 is 0 Å². The lowest BCUT2D eigenvalue weighted by Crippen LogP contribution is -2.18. The molecule has 1 aromatic heterocycles. The van der Waals surface area contributed by atoms with Crippen LogP contribution in [0.15, 0.2) is 0 Å². The van der Waals surface area contributed by atoms with Crippen molar-refractivity contribution in [1.82, 2.24) is 10.3 Å². The molecule has 0 fully saturated rings. The average molecular weight is 269 g/mol. The third kappa shape index (κ3) is 4.25. The molecule has 0 unspecified atom stereocenters. The molecular formula is C14H27N3S. The lowest BCUT2D eigenvalue weighted by Gasteiger charge is -2.14. The number of nitrogens with zero attached hydrogens (tertiary/aromatic N) is 2. The summed E-state index contributed by atoms with van der Waals surface area (Å²) in [5, 5.41) is 4.57. The lowest BCUT2D eigenvalue weighted by atomic mass is 10.1. The van der Waals surface area contributed by atoms with E-state index in [-0.39, 0.29) is 0 Å². The molecule has 0 saturated heterocycles. The van der Waals surface area contributed by atoms with Crippen molar-refractivity contribution in [2.45, 2.75) is 53.0 Å². The first-order valence-electron chi connectivity index (χ1n) is 7.01. The normalized spacial score (nSPS) is 11.2. The molecule has 0 amide bonds. The van der Waals surface area contributed by atoms with E-state index in [2.05, 4.69) is 45.0 Å². The quantitative estimate of drug-likeness (QED) is 0.781. The SMILES string of the molecule is CCCCN(C)c1nc(C(C)C)c(CNCC)s1. The van der Waals surface area contributed by atoms with E-state index in [0.717, 1.165) is 19.6 Å². The molecule has 0 spiro atoms. The minimum absolute atomic E-state index is 0.503. The lowest BCUT2D eigenvalue weighted by molar-refractivity contribution is 0.712. The molecule has 3 nitrogen and oxygen atoms in total. The Morgan fingerprint density at radius 2 is 2.06 bits per heavy atom. The minimum atomic E-state index is 0.503. The second kappa shape index (κ2) is 7.74. The van der Waals surface area contributed by atoms with Gasteiger partial charge in [0.05, 0.1) is 5.69 Å². The largest absolute Gasteiger partial charge is 0.351 e. The highest BCUT2D eigenvalue weighted by molar-refractivity contribution is 7.15. The van der Waals surface area contributed by atoms with E-state index < -0.39 is 0 Å². The molecule has 18 heavy (non-hydrogen) atoms. The highest BCUT2D eigenvalue weighted by atomic mass is 32.1. The standard InChI is InChI=1S/C14H27N3S/c1-6-8-9-17(5)14-16-13(11(3)4)12(18-14)10-15-7-2/h11,15H,6-10H2,1-5H3. The Morgan fingerprint density at radius 3 is 2.61 bits per heavy atom. The van der Waals surface area contributed by atoms with Crippen LogP contribution in [0.1, 0.15) is 57.0 Å². The van der Waals surface area contributed by atoms with Crippen molar-refractivity contribution >= 4 is 16.5 Å². The second-order valence-electron chi connectivity index (χ2n) is 5.01. The predicted molar refractivity (Wildman–Crippen MR) is 81.8 cm³/mol. The van der Waals surface area contributed by atoms with Crippen LogP contribution >= 0.6 is 11.3 Å². The minimum Gasteiger partial charge on any atom is -0.351 e. The van der Waals surface area contributed by atoms with E-state index in [4.69, 9.17) is 4.98 Å². The molecule has 0 aromatic carbocycles. The van der Waals surface area contributed by atoms with Gasteiger partial charge >= 0.3 is 0 Å². The Hall–Kier alpha value is -0.610. The maximum atomic E-state index is 4.82. The van der Waals surface area contributed by atoms with Crippen LogP contribution in [0.4, 0.5) is 5.13 Å². The molecule has 104 valence electrons. The average Bonchev–Trinajstić information content (AvgIpc) is 2.77. The van der Waals surface area contributed by atoms with Crippen LogP contribution in [0.3, 0.4) is 0 Å². The first-order chi connectivity index (χ1) is 8.60. The van der Waals surface area contributed by atoms with Gasteiger partial charge < -0.3 is 10.2 Å². The van der Waals surface area contributed by atoms with Crippen molar-refractivity contribution in [3.63, 3.8) is 0 Å². The number of hydrogen-bond donors (Lipinski definition) is 1. The highest BCUT2D eigenvalue weighted by Gasteiger charge is 2.15. The van der Waals surface area contributed by atoms with Crippen molar-refractivity contribution in [3.05, 3.63) is 10.6 Å². The van der Waals surface area contributed by atoms with E-state index in [1.54, 1.807) is 0 Å². The molecule has 0 radical (unpaired) electrons. The maximum absolute atomic E-state index is 4.82. The summed E-state index contributed by atoms with van der Waals surface area (Å²) in [6.45, 7) is 11.9. The van der Waals surface area contributed by atoms with Gasteiger partial charge in [0.2, 0.25) is 0 Å². The summed E-state index contributed by atoms with van der Waals surface area (Å²) in [5.41, 5.74) is 1.26. The summed E-state index contributed by atoms with van der Waals surface area (Å²) in [7, 11) is 2.15. The van der Waals surface area contributed by atoms with E-state index in [1.807, 2.05) is 11.3 Å². The number of hydrogen-bond acceptors (Lipinski definition) is 4. The first-order valence-corrected chi connectivity index (χ1v) is 7.83. The molecule has 1 rings (SSSR count). The van der Waals surface area contributed by atoms with Crippen LogP contribution < -0.4 is 10.2 Å². The van der Waals surface area contributed by atoms with Gasteiger partial charge in [0, 0.05) is 25.0 Å². The number of aromatic nitrogens is 1. The summed E-state index contributed by atoms with van der Waals surface area (Å²) >= 11 is 1.84. The van der Waals surface area contributed by atoms with Crippen molar-refractivity contribution < 1.29 is 0 Å². The predicted octanol–water partition coefficient (Wildman–Crippen LogP) is 3.61. The topological polar surface area (TPSA) is 28.2 Å². The molecule has 1 aromatic rings. The van der Waals surface area contributed by atoms with Gasteiger partial charge in [0.1, 0.15) is 0 Å². The molecule has 1 heterocycles. The monoisotopic (exact) mass is 269 g/mol. The molecule has 0 atom stereocenters. The van der Waals surface area contributed by atoms with E-state index in [1.165, 1.54) is 28.5 Å². The van der Waals surface area contributed by atoms with Gasteiger partial charge in [-0.1, -0.05) is 34.1 Å². The smallest absolute Gasteiger partial charge is 0.185 e. The summed E-state index contributed by atoms with van der Waals surface area (Å²) < 4.78 is 0. The van der Waals surface area contributed by atoms with Crippen LogP contribution in [0, 0.1) is 0 Å². The van der Waals surface area contributed by atoms with E-state index in [0.29, 0.717) is 5.92 Å². The van der Waals surface area contributed by atoms with E-state index in [9.17, 15) is 0 Å². The van der Waals surface area contributed by atoms with Crippen LogP contribution in [-0.4, -0.2) is 25.1 Å². The molecule has 0 aliphatic heterocycles. The Morgan fingerprint density at radius 1 is 1.33 bits per heavy atom. The molecule has 1 N–H and O–H groups in total. The highest BCUT2D eigenvalue weighted by Crippen LogP contribution is 2.30. The Labute approximate surface area is 116 Å². The summed E-state index contributed by atoms with van der Waals surface area (Å²) in [4.78, 5) is 8.50. The first kappa shape index (κ1) is 15.4. The van der Waals surface area contributed by atoms with Gasteiger partial charge in [-0.3, -0.25) is 0 Å². The molecule has 0 aliphatic rings. The van der Waals surface area contributed by atoms with Crippen molar-refractivity contribution in [2.24, 2.45) is 0 Å². The van der Waals surface area contributed by atoms with Crippen LogP contribution in [-0.2, 0) is 6.54 Å².